The molecular weight excluding hydrogens is 310 g/mol. The molecule has 3 heterocycles. The van der Waals surface area contributed by atoms with Crippen LogP contribution in [0.15, 0.2) is 36.5 Å². The number of H-pyrrole nitrogens is 1. The summed E-state index contributed by atoms with van der Waals surface area (Å²) in [6.45, 7) is 4.34. The van der Waals surface area contributed by atoms with Gasteiger partial charge in [0, 0.05) is 37.6 Å². The first-order valence-electron chi connectivity index (χ1n) is 9.32. The molecule has 2 fully saturated rings. The molecule has 0 spiro atoms. The number of aromatic amines is 1. The molecule has 1 aromatic heterocycles. The molecule has 2 aliphatic heterocycles. The maximum absolute atomic E-state index is 9.20. The summed E-state index contributed by atoms with van der Waals surface area (Å²) in [4.78, 5) is 5.05. The lowest BCUT2D eigenvalue weighted by atomic mass is 9.94. The van der Waals surface area contributed by atoms with Gasteiger partial charge in [0.25, 0.3) is 0 Å². The highest BCUT2D eigenvalue weighted by atomic mass is 15.2. The summed E-state index contributed by atoms with van der Waals surface area (Å²) in [7, 11) is 0. The van der Waals surface area contributed by atoms with Crippen molar-refractivity contribution >= 4 is 5.69 Å². The van der Waals surface area contributed by atoms with E-state index >= 15 is 0 Å². The van der Waals surface area contributed by atoms with E-state index in [9.17, 15) is 5.26 Å². The summed E-state index contributed by atoms with van der Waals surface area (Å²) in [5, 5.41) is 16.2. The Morgan fingerprint density at radius 2 is 1.84 bits per heavy atom. The summed E-state index contributed by atoms with van der Waals surface area (Å²) in [5.74, 6) is 0.238. The Hall–Kier alpha value is -2.32. The van der Waals surface area contributed by atoms with Gasteiger partial charge in [-0.25, -0.2) is 0 Å². The number of nitrogens with zero attached hydrogens (tertiary/aromatic N) is 4. The average molecular weight is 335 g/mol. The quantitative estimate of drug-likeness (QED) is 0.935. The van der Waals surface area contributed by atoms with Crippen LogP contribution in [0.5, 0.6) is 0 Å². The van der Waals surface area contributed by atoms with Gasteiger partial charge < -0.3 is 4.90 Å². The first-order chi connectivity index (χ1) is 12.3. The number of anilines is 1. The number of nitriles is 1. The molecule has 0 bridgehead atoms. The summed E-state index contributed by atoms with van der Waals surface area (Å²) >= 11 is 0. The maximum atomic E-state index is 9.20. The van der Waals surface area contributed by atoms with Gasteiger partial charge in [-0.3, -0.25) is 10.00 Å². The second kappa shape index (κ2) is 7.28. The van der Waals surface area contributed by atoms with Gasteiger partial charge in [-0.1, -0.05) is 12.1 Å². The molecular formula is C20H25N5. The summed E-state index contributed by atoms with van der Waals surface area (Å²) in [5.41, 5.74) is 3.53. The van der Waals surface area contributed by atoms with E-state index in [-0.39, 0.29) is 5.92 Å². The van der Waals surface area contributed by atoms with Gasteiger partial charge in [0.05, 0.1) is 17.7 Å². The van der Waals surface area contributed by atoms with Gasteiger partial charge in [-0.05, 0) is 56.0 Å². The Bertz CT molecular complexity index is 708. The van der Waals surface area contributed by atoms with Crippen LogP contribution in [0.2, 0.25) is 0 Å². The topological polar surface area (TPSA) is 59.0 Å². The second-order valence-electron chi connectivity index (χ2n) is 7.20. The molecule has 5 nitrogen and oxygen atoms in total. The first-order valence-corrected chi connectivity index (χ1v) is 9.32. The summed E-state index contributed by atoms with van der Waals surface area (Å²) in [6, 6.07) is 13.9. The zero-order valence-corrected chi connectivity index (χ0v) is 14.6. The van der Waals surface area contributed by atoms with Crippen molar-refractivity contribution in [1.29, 1.82) is 5.26 Å². The van der Waals surface area contributed by atoms with Crippen molar-refractivity contribution in [3.05, 3.63) is 36.5 Å². The van der Waals surface area contributed by atoms with Gasteiger partial charge in [0.1, 0.15) is 0 Å². The van der Waals surface area contributed by atoms with Crippen molar-refractivity contribution in [2.45, 2.75) is 31.7 Å². The van der Waals surface area contributed by atoms with Crippen LogP contribution in [0.4, 0.5) is 5.69 Å². The van der Waals surface area contributed by atoms with Crippen LogP contribution in [-0.4, -0.2) is 47.3 Å². The van der Waals surface area contributed by atoms with E-state index in [1.807, 2.05) is 6.07 Å². The zero-order valence-electron chi connectivity index (χ0n) is 14.6. The van der Waals surface area contributed by atoms with Crippen molar-refractivity contribution in [2.24, 2.45) is 5.92 Å². The first kappa shape index (κ1) is 16.2. The van der Waals surface area contributed by atoms with Crippen molar-refractivity contribution in [3.63, 3.8) is 0 Å². The van der Waals surface area contributed by atoms with E-state index < -0.39 is 0 Å². The van der Waals surface area contributed by atoms with Crippen LogP contribution >= 0.6 is 0 Å². The number of benzene rings is 1. The molecule has 5 heteroatoms. The largest absolute Gasteiger partial charge is 0.371 e. The number of rotatable bonds is 3. The minimum atomic E-state index is 0.238. The predicted octanol–water partition coefficient (Wildman–Crippen LogP) is 3.28. The molecule has 2 saturated heterocycles. The molecule has 1 N–H and O–H groups in total. The Kier molecular flexibility index (Phi) is 4.71. The Labute approximate surface area is 149 Å². The van der Waals surface area contributed by atoms with Gasteiger partial charge in [0.2, 0.25) is 0 Å². The maximum Gasteiger partial charge on any atom is 0.0669 e. The molecule has 0 amide bonds. The predicted molar refractivity (Wildman–Crippen MR) is 99.2 cm³/mol. The number of hydrogen-bond acceptors (Lipinski definition) is 4. The number of likely N-dealkylation sites (tertiary alicyclic amines) is 1. The fourth-order valence-corrected chi connectivity index (χ4v) is 4.20. The third kappa shape index (κ3) is 3.54. The highest BCUT2D eigenvalue weighted by Gasteiger charge is 2.28. The minimum Gasteiger partial charge on any atom is -0.371 e. The van der Waals surface area contributed by atoms with E-state index in [1.165, 1.54) is 37.1 Å². The zero-order chi connectivity index (χ0) is 17.1. The van der Waals surface area contributed by atoms with Crippen molar-refractivity contribution < 1.29 is 0 Å². The van der Waals surface area contributed by atoms with E-state index in [2.05, 4.69) is 50.3 Å². The lowest BCUT2D eigenvalue weighted by Gasteiger charge is -2.41. The standard InChI is InChI=1S/C20H25N5/c21-14-16-2-1-11-25(15-16)19-8-12-24(13-9-19)18-5-3-17(4-6-18)20-7-10-22-23-20/h3-7,10,16,19H,1-2,8-9,11-13,15H2,(H,22,23). The van der Waals surface area contributed by atoms with Crippen LogP contribution in [0.1, 0.15) is 25.7 Å². The number of aromatic nitrogens is 2. The van der Waals surface area contributed by atoms with Gasteiger partial charge in [-0.2, -0.15) is 10.4 Å². The van der Waals surface area contributed by atoms with Gasteiger partial charge in [0.15, 0.2) is 0 Å². The SMILES string of the molecule is N#CC1CCCN(C2CCN(c3ccc(-c4ccn[nH]4)cc3)CC2)C1. The van der Waals surface area contributed by atoms with Crippen molar-refractivity contribution in [1.82, 2.24) is 15.1 Å². The third-order valence-corrected chi connectivity index (χ3v) is 5.66. The Balaban J connectivity index is 1.35. The molecule has 4 rings (SSSR count). The van der Waals surface area contributed by atoms with Crippen LogP contribution in [0.3, 0.4) is 0 Å². The Morgan fingerprint density at radius 1 is 1.04 bits per heavy atom. The summed E-state index contributed by atoms with van der Waals surface area (Å²) in [6.07, 6.45) is 6.43. The third-order valence-electron chi connectivity index (χ3n) is 5.66. The van der Waals surface area contributed by atoms with Gasteiger partial charge >= 0.3 is 0 Å². The Morgan fingerprint density at radius 3 is 2.52 bits per heavy atom. The molecule has 2 aliphatic rings. The summed E-state index contributed by atoms with van der Waals surface area (Å²) < 4.78 is 0. The van der Waals surface area contributed by atoms with E-state index in [0.29, 0.717) is 6.04 Å². The second-order valence-corrected chi connectivity index (χ2v) is 7.20. The molecule has 0 aliphatic carbocycles. The van der Waals surface area contributed by atoms with E-state index in [1.54, 1.807) is 6.20 Å². The average Bonchev–Trinajstić information content (AvgIpc) is 3.23. The minimum absolute atomic E-state index is 0.238. The van der Waals surface area contributed by atoms with Crippen LogP contribution < -0.4 is 4.90 Å². The lowest BCUT2D eigenvalue weighted by Crippen LogP contribution is -2.48. The van der Waals surface area contributed by atoms with Crippen molar-refractivity contribution in [3.8, 4) is 17.3 Å². The lowest BCUT2D eigenvalue weighted by molar-refractivity contribution is 0.122. The fraction of sp³-hybridized carbons (Fsp3) is 0.500. The molecule has 1 atom stereocenters. The molecule has 1 unspecified atom stereocenters. The van der Waals surface area contributed by atoms with Crippen molar-refractivity contribution in [2.75, 3.05) is 31.1 Å². The van der Waals surface area contributed by atoms with E-state index in [0.717, 1.165) is 31.7 Å². The molecule has 0 saturated carbocycles. The van der Waals surface area contributed by atoms with Crippen LogP contribution in [0.25, 0.3) is 11.3 Å². The van der Waals surface area contributed by atoms with E-state index in [4.69, 9.17) is 0 Å². The smallest absolute Gasteiger partial charge is 0.0669 e. The normalized spacial score (nSPS) is 22.7. The number of nitrogens with one attached hydrogen (secondary N) is 1. The highest BCUT2D eigenvalue weighted by Crippen LogP contribution is 2.27. The molecule has 130 valence electrons. The highest BCUT2D eigenvalue weighted by molar-refractivity contribution is 5.62. The monoisotopic (exact) mass is 335 g/mol. The molecule has 0 radical (unpaired) electrons. The van der Waals surface area contributed by atoms with Gasteiger partial charge in [-0.15, -0.1) is 0 Å². The number of hydrogen-bond donors (Lipinski definition) is 1. The fourth-order valence-electron chi connectivity index (χ4n) is 4.20. The molecule has 25 heavy (non-hydrogen) atoms. The van der Waals surface area contributed by atoms with Crippen LogP contribution in [0, 0.1) is 17.2 Å². The van der Waals surface area contributed by atoms with Crippen LogP contribution in [-0.2, 0) is 0 Å². The molecule has 2 aromatic rings. The number of piperidine rings is 2. The molecule has 1 aromatic carbocycles.